The first kappa shape index (κ1) is 22.4. The second-order valence-electron chi connectivity index (χ2n) is 8.96. The Morgan fingerprint density at radius 1 is 1.12 bits per heavy atom. The number of morpholine rings is 1. The van der Waals surface area contributed by atoms with Crippen LogP contribution in [0.5, 0.6) is 0 Å². The topological polar surface area (TPSA) is 108 Å². The number of nitrogens with one attached hydrogen (secondary N) is 1. The molecule has 0 saturated carbocycles. The van der Waals surface area contributed by atoms with Gasteiger partial charge in [-0.15, -0.1) is 0 Å². The molecule has 2 saturated heterocycles. The molecule has 2 aromatic rings. The van der Waals surface area contributed by atoms with Gasteiger partial charge >= 0.3 is 7.12 Å². The van der Waals surface area contributed by atoms with E-state index >= 15 is 0 Å². The minimum atomic E-state index is -0.700. The van der Waals surface area contributed by atoms with E-state index in [4.69, 9.17) is 14.0 Å². The van der Waals surface area contributed by atoms with Gasteiger partial charge in [0.1, 0.15) is 11.5 Å². The minimum Gasteiger partial charge on any atom is -0.398 e. The summed E-state index contributed by atoms with van der Waals surface area (Å²) in [6, 6.07) is 4.97. The van der Waals surface area contributed by atoms with Crippen LogP contribution in [-0.4, -0.2) is 70.2 Å². The van der Waals surface area contributed by atoms with E-state index in [1.807, 2.05) is 27.7 Å². The van der Waals surface area contributed by atoms with Crippen molar-refractivity contribution in [3.8, 4) is 0 Å². The number of aryl methyl sites for hydroxylation is 1. The van der Waals surface area contributed by atoms with Gasteiger partial charge < -0.3 is 24.3 Å². The van der Waals surface area contributed by atoms with E-state index in [-0.39, 0.29) is 17.2 Å². The lowest BCUT2D eigenvalue weighted by molar-refractivity contribution is 0.00578. The number of hydrogen-bond donors (Lipinski definition) is 1. The molecule has 0 spiro atoms. The van der Waals surface area contributed by atoms with Gasteiger partial charge in [-0.3, -0.25) is 9.59 Å². The third kappa shape index (κ3) is 4.28. The Labute approximate surface area is 187 Å². The van der Waals surface area contributed by atoms with Gasteiger partial charge in [0.05, 0.1) is 35.6 Å². The van der Waals surface area contributed by atoms with Crippen molar-refractivity contribution in [3.63, 3.8) is 0 Å². The van der Waals surface area contributed by atoms with Gasteiger partial charge in [-0.2, -0.15) is 5.10 Å². The number of carbonyl (C=O) groups is 1. The molecule has 4 rings (SSSR count). The summed E-state index contributed by atoms with van der Waals surface area (Å²) in [7, 11) is 0.869. The predicted molar refractivity (Wildman–Crippen MR) is 119 cm³/mol. The maximum atomic E-state index is 12.6. The summed E-state index contributed by atoms with van der Waals surface area (Å²) in [6.45, 7) is 10.0. The predicted octanol–water partition coefficient (Wildman–Crippen LogP) is 0.691. The lowest BCUT2D eigenvalue weighted by Crippen LogP contribution is -2.41. The molecule has 1 N–H and O–H groups in total. The maximum Gasteiger partial charge on any atom is 0.516 e. The Balaban J connectivity index is 1.53. The average Bonchev–Trinajstić information content (AvgIpc) is 2.99. The van der Waals surface area contributed by atoms with E-state index in [2.05, 4.69) is 15.4 Å². The molecule has 10 nitrogen and oxygen atoms in total. The van der Waals surface area contributed by atoms with Crippen LogP contribution >= 0.6 is 0 Å². The molecule has 4 heterocycles. The number of carbonyl (C=O) groups excluding carboxylic acids is 1. The monoisotopic (exact) mass is 441 g/mol. The zero-order valence-corrected chi connectivity index (χ0v) is 19.0. The van der Waals surface area contributed by atoms with Crippen LogP contribution in [0.1, 0.15) is 38.1 Å². The maximum absolute atomic E-state index is 12.6. The third-order valence-corrected chi connectivity index (χ3v) is 6.15. The number of nitrogens with zero attached hydrogens (tertiary/aromatic N) is 4. The van der Waals surface area contributed by atoms with E-state index in [0.717, 1.165) is 0 Å². The smallest absolute Gasteiger partial charge is 0.398 e. The largest absolute Gasteiger partial charge is 0.516 e. The van der Waals surface area contributed by atoms with E-state index in [1.54, 1.807) is 30.1 Å². The molecule has 2 fully saturated rings. The molecule has 0 aromatic carbocycles. The second-order valence-corrected chi connectivity index (χ2v) is 8.96. The van der Waals surface area contributed by atoms with Gasteiger partial charge in [0.15, 0.2) is 0 Å². The molecular formula is C21H28BN5O5. The van der Waals surface area contributed by atoms with Crippen LogP contribution in [0.15, 0.2) is 29.2 Å². The number of ether oxygens (including phenoxy) is 1. The Morgan fingerprint density at radius 2 is 1.78 bits per heavy atom. The van der Waals surface area contributed by atoms with Crippen molar-refractivity contribution >= 4 is 30.1 Å². The van der Waals surface area contributed by atoms with Crippen molar-refractivity contribution in [3.05, 3.63) is 40.3 Å². The van der Waals surface area contributed by atoms with Crippen molar-refractivity contribution in [2.24, 2.45) is 7.05 Å². The van der Waals surface area contributed by atoms with Crippen LogP contribution in [0.25, 0.3) is 0 Å². The van der Waals surface area contributed by atoms with Gasteiger partial charge in [0.25, 0.3) is 11.5 Å². The lowest BCUT2D eigenvalue weighted by atomic mass is 9.84. The van der Waals surface area contributed by atoms with Gasteiger partial charge in [-0.25, -0.2) is 9.67 Å². The zero-order valence-electron chi connectivity index (χ0n) is 19.0. The molecule has 1 amide bonds. The SMILES string of the molecule is Cn1nc(B2OC(C)(C)C(C)(C)O2)cc(Nc2ccc(C(=O)N3CCOCC3)cn2)c1=O. The van der Waals surface area contributed by atoms with Gasteiger partial charge in [-0.05, 0) is 45.9 Å². The summed E-state index contributed by atoms with van der Waals surface area (Å²) >= 11 is 0. The average molecular weight is 441 g/mol. The van der Waals surface area contributed by atoms with Crippen LogP contribution in [0.4, 0.5) is 11.5 Å². The molecule has 2 aliphatic rings. The van der Waals surface area contributed by atoms with Crippen LogP contribution in [-0.2, 0) is 21.1 Å². The summed E-state index contributed by atoms with van der Waals surface area (Å²) in [5.74, 6) is 0.349. The highest BCUT2D eigenvalue weighted by atomic mass is 16.7. The normalized spacial score (nSPS) is 19.8. The molecule has 2 aromatic heterocycles. The number of aromatic nitrogens is 3. The molecule has 0 unspecified atom stereocenters. The van der Waals surface area contributed by atoms with Crippen molar-refractivity contribution in [1.29, 1.82) is 0 Å². The first-order chi connectivity index (χ1) is 15.1. The molecule has 0 atom stereocenters. The Morgan fingerprint density at radius 3 is 2.38 bits per heavy atom. The van der Waals surface area contributed by atoms with Gasteiger partial charge in [0, 0.05) is 26.3 Å². The van der Waals surface area contributed by atoms with Crippen LogP contribution in [0.3, 0.4) is 0 Å². The highest BCUT2D eigenvalue weighted by molar-refractivity contribution is 6.61. The standard InChI is InChI=1S/C21H28BN5O5/c1-20(2)21(3,4)32-22(31-20)16-12-15(19(29)26(5)25-16)24-17-7-6-14(13-23-17)18(28)27-8-10-30-11-9-27/h6-7,12-13H,8-11H2,1-5H3,(H,23,24). The lowest BCUT2D eigenvalue weighted by Gasteiger charge is -2.32. The fraction of sp³-hybridized carbons (Fsp3) is 0.524. The van der Waals surface area contributed by atoms with Crippen LogP contribution in [0.2, 0.25) is 0 Å². The molecule has 170 valence electrons. The Bertz CT molecular complexity index is 1050. The first-order valence-corrected chi connectivity index (χ1v) is 10.6. The Kier molecular flexibility index (Phi) is 5.82. The third-order valence-electron chi connectivity index (χ3n) is 6.15. The molecule has 0 aliphatic carbocycles. The van der Waals surface area contributed by atoms with Crippen molar-refractivity contribution in [2.45, 2.75) is 38.9 Å². The number of pyridine rings is 1. The van der Waals surface area contributed by atoms with Crippen molar-refractivity contribution in [2.75, 3.05) is 31.6 Å². The fourth-order valence-corrected chi connectivity index (χ4v) is 3.48. The quantitative estimate of drug-likeness (QED) is 0.691. The van der Waals surface area contributed by atoms with E-state index in [1.165, 1.54) is 10.9 Å². The summed E-state index contributed by atoms with van der Waals surface area (Å²) in [5.41, 5.74) is -0.115. The minimum absolute atomic E-state index is 0.0878. The summed E-state index contributed by atoms with van der Waals surface area (Å²) in [5, 5.41) is 7.33. The highest BCUT2D eigenvalue weighted by Gasteiger charge is 2.52. The highest BCUT2D eigenvalue weighted by Crippen LogP contribution is 2.36. The van der Waals surface area contributed by atoms with Crippen molar-refractivity contribution in [1.82, 2.24) is 19.7 Å². The Hall–Kier alpha value is -2.76. The molecule has 11 heteroatoms. The van der Waals surface area contributed by atoms with E-state index < -0.39 is 18.3 Å². The van der Waals surface area contributed by atoms with Crippen molar-refractivity contribution < 1.29 is 18.8 Å². The van der Waals surface area contributed by atoms with Gasteiger partial charge in [0.2, 0.25) is 0 Å². The van der Waals surface area contributed by atoms with Gasteiger partial charge in [-0.1, -0.05) is 0 Å². The summed E-state index contributed by atoms with van der Waals surface area (Å²) in [6.07, 6.45) is 1.50. The van der Waals surface area contributed by atoms with Crippen LogP contribution < -0.4 is 16.5 Å². The first-order valence-electron chi connectivity index (χ1n) is 10.6. The number of rotatable bonds is 4. The number of amides is 1. The van der Waals surface area contributed by atoms with E-state index in [0.29, 0.717) is 43.3 Å². The molecule has 0 radical (unpaired) electrons. The zero-order chi connectivity index (χ0) is 23.1. The van der Waals surface area contributed by atoms with Crippen LogP contribution in [0, 0.1) is 0 Å². The second kappa shape index (κ2) is 8.30. The molecular weight excluding hydrogens is 413 g/mol. The summed E-state index contributed by atoms with van der Waals surface area (Å²) < 4.78 is 18.6. The number of hydrogen-bond acceptors (Lipinski definition) is 8. The fourth-order valence-electron chi connectivity index (χ4n) is 3.48. The number of anilines is 2. The summed E-state index contributed by atoms with van der Waals surface area (Å²) in [4.78, 5) is 31.3. The molecule has 32 heavy (non-hydrogen) atoms. The molecule has 2 aliphatic heterocycles. The van der Waals surface area contributed by atoms with E-state index in [9.17, 15) is 9.59 Å². The molecule has 0 bridgehead atoms.